The minimum atomic E-state index is -1.51. The molecule has 8 nitrogen and oxygen atoms in total. The summed E-state index contributed by atoms with van der Waals surface area (Å²) in [4.78, 5) is 51.0. The summed E-state index contributed by atoms with van der Waals surface area (Å²) in [7, 11) is 1.26. The fraction of sp³-hybridized carbons (Fsp3) is 0.444. The van der Waals surface area contributed by atoms with E-state index in [0.717, 1.165) is 0 Å². The number of carboxylic acid groups (broad SMARTS) is 1. The molecule has 1 aliphatic rings. The number of carbonyl (C=O) groups excluding carboxylic acids is 3. The third-order valence-corrected chi connectivity index (χ3v) is 4.69. The van der Waals surface area contributed by atoms with Gasteiger partial charge >= 0.3 is 23.7 Å². The highest BCUT2D eigenvalue weighted by molar-refractivity contribution is 6.11. The molecule has 1 aromatic carbocycles. The molecule has 1 aromatic rings. The molecule has 2 rings (SSSR count). The van der Waals surface area contributed by atoms with Crippen LogP contribution in [-0.4, -0.2) is 59.1 Å². The summed E-state index contributed by atoms with van der Waals surface area (Å²) >= 11 is 0. The van der Waals surface area contributed by atoms with Crippen molar-refractivity contribution in [2.75, 3.05) is 13.7 Å². The standard InChI is InChI=1S/C18H22N2O6/c1-26-14-11-15(21)20(17(14)23,13(18(24)25)9-5-6-10-19)16(22)12-7-3-2-4-8-12/h2-4,7-8,13-14H,5-6,9-11,19H2,1H3/p+1/t13-,14?,20?/m0/s1. The maximum atomic E-state index is 13.2. The van der Waals surface area contributed by atoms with Crippen LogP contribution in [0.5, 0.6) is 0 Å². The van der Waals surface area contributed by atoms with Gasteiger partial charge in [0.15, 0.2) is 6.10 Å². The summed E-state index contributed by atoms with van der Waals surface area (Å²) in [5.41, 5.74) is 5.56. The minimum absolute atomic E-state index is 0.0149. The molecule has 0 aromatic heterocycles. The number of aliphatic carboxylic acids is 1. The Bertz CT molecular complexity index is 705. The van der Waals surface area contributed by atoms with E-state index in [1.807, 2.05) is 0 Å². The number of nitrogens with two attached hydrogens (primary N) is 1. The van der Waals surface area contributed by atoms with Crippen molar-refractivity contribution in [3.8, 4) is 0 Å². The van der Waals surface area contributed by atoms with Crippen LogP contribution in [0.25, 0.3) is 0 Å². The van der Waals surface area contributed by atoms with E-state index in [2.05, 4.69) is 0 Å². The van der Waals surface area contributed by atoms with E-state index in [1.54, 1.807) is 18.2 Å². The number of likely N-dealkylation sites (tertiary alicyclic amines) is 1. The fourth-order valence-electron chi connectivity index (χ4n) is 3.36. The summed E-state index contributed by atoms with van der Waals surface area (Å²) in [6, 6.07) is 6.28. The summed E-state index contributed by atoms with van der Waals surface area (Å²) < 4.78 is 3.67. The Morgan fingerprint density at radius 3 is 2.42 bits per heavy atom. The number of imide groups is 3. The van der Waals surface area contributed by atoms with Gasteiger partial charge in [0.05, 0.1) is 5.56 Å². The normalized spacial score (nSPS) is 23.8. The second-order valence-electron chi connectivity index (χ2n) is 6.19. The molecule has 0 radical (unpaired) electrons. The Kier molecular flexibility index (Phi) is 6.36. The second kappa shape index (κ2) is 8.31. The van der Waals surface area contributed by atoms with Crippen molar-refractivity contribution < 1.29 is 33.5 Å². The Hall–Kier alpha value is -2.42. The number of nitrogens with zero attached hydrogens (tertiary/aromatic N) is 1. The van der Waals surface area contributed by atoms with E-state index in [1.165, 1.54) is 19.2 Å². The van der Waals surface area contributed by atoms with Crippen molar-refractivity contribution in [3.05, 3.63) is 35.9 Å². The number of unbranched alkanes of at least 4 members (excludes halogenated alkanes) is 1. The lowest BCUT2D eigenvalue weighted by atomic mass is 10.0. The molecule has 1 saturated heterocycles. The van der Waals surface area contributed by atoms with E-state index in [0.29, 0.717) is 19.4 Å². The molecule has 1 fully saturated rings. The van der Waals surface area contributed by atoms with Crippen LogP contribution in [0.4, 0.5) is 0 Å². The Labute approximate surface area is 151 Å². The van der Waals surface area contributed by atoms with E-state index in [-0.39, 0.29) is 18.4 Å². The van der Waals surface area contributed by atoms with Crippen molar-refractivity contribution in [3.63, 3.8) is 0 Å². The van der Waals surface area contributed by atoms with Crippen molar-refractivity contribution in [1.29, 1.82) is 0 Å². The van der Waals surface area contributed by atoms with Gasteiger partial charge in [0.1, 0.15) is 6.42 Å². The number of amides is 3. The van der Waals surface area contributed by atoms with Crippen molar-refractivity contribution in [2.45, 2.75) is 37.8 Å². The number of hydrogen-bond acceptors (Lipinski definition) is 6. The molecule has 3 atom stereocenters. The van der Waals surface area contributed by atoms with Crippen molar-refractivity contribution in [1.82, 2.24) is 0 Å². The zero-order valence-corrected chi connectivity index (χ0v) is 14.6. The molecule has 1 aliphatic heterocycles. The van der Waals surface area contributed by atoms with Gasteiger partial charge in [-0.2, -0.15) is 0 Å². The van der Waals surface area contributed by atoms with Gasteiger partial charge in [-0.25, -0.2) is 19.2 Å². The van der Waals surface area contributed by atoms with Gasteiger partial charge in [-0.05, 0) is 31.5 Å². The zero-order chi connectivity index (χ0) is 19.3. The van der Waals surface area contributed by atoms with Gasteiger partial charge in [-0.3, -0.25) is 0 Å². The van der Waals surface area contributed by atoms with Crippen LogP contribution in [0.1, 0.15) is 36.0 Å². The smallest absolute Gasteiger partial charge is 0.364 e. The Morgan fingerprint density at radius 2 is 1.92 bits per heavy atom. The third-order valence-electron chi connectivity index (χ3n) is 4.69. The van der Waals surface area contributed by atoms with Gasteiger partial charge in [0.2, 0.25) is 6.04 Å². The highest BCUT2D eigenvalue weighted by Crippen LogP contribution is 2.34. The lowest BCUT2D eigenvalue weighted by Crippen LogP contribution is -2.66. The first-order valence-electron chi connectivity index (χ1n) is 8.43. The maximum Gasteiger partial charge on any atom is 0.364 e. The number of methoxy groups -OCH3 is 1. The quantitative estimate of drug-likeness (QED) is 0.396. The molecule has 140 valence electrons. The summed E-state index contributed by atoms with van der Waals surface area (Å²) in [6.45, 7) is 0.349. The first kappa shape index (κ1) is 19.9. The fourth-order valence-corrected chi connectivity index (χ4v) is 3.36. The largest absolute Gasteiger partial charge is 0.477 e. The highest BCUT2D eigenvalue weighted by atomic mass is 16.5. The third kappa shape index (κ3) is 3.31. The summed E-state index contributed by atoms with van der Waals surface area (Å²) in [5, 5.41) is 9.74. The summed E-state index contributed by atoms with van der Waals surface area (Å²) in [5.74, 6) is -3.78. The number of quaternary nitrogens is 1. The summed E-state index contributed by atoms with van der Waals surface area (Å²) in [6.07, 6.45) is -0.563. The van der Waals surface area contributed by atoms with Crippen LogP contribution in [0.2, 0.25) is 0 Å². The van der Waals surface area contributed by atoms with E-state index in [4.69, 9.17) is 10.5 Å². The monoisotopic (exact) mass is 363 g/mol. The van der Waals surface area contributed by atoms with Gasteiger partial charge in [0, 0.05) is 13.5 Å². The molecule has 2 unspecified atom stereocenters. The van der Waals surface area contributed by atoms with Crippen LogP contribution < -0.4 is 5.73 Å². The number of benzene rings is 1. The molecule has 0 bridgehead atoms. The Morgan fingerprint density at radius 1 is 1.27 bits per heavy atom. The molecule has 1 heterocycles. The van der Waals surface area contributed by atoms with Gasteiger partial charge in [-0.1, -0.05) is 18.2 Å². The van der Waals surface area contributed by atoms with Crippen LogP contribution in [0, 0.1) is 0 Å². The highest BCUT2D eigenvalue weighted by Gasteiger charge is 2.67. The lowest BCUT2D eigenvalue weighted by Gasteiger charge is -2.32. The van der Waals surface area contributed by atoms with Crippen LogP contribution in [0.15, 0.2) is 30.3 Å². The average molecular weight is 363 g/mol. The molecule has 3 amide bonds. The SMILES string of the molecule is COC1CC(=O)[N+](C(=O)c2ccccc2)([C@@H](CCCCN)C(=O)O)C1=O. The molecule has 0 saturated carbocycles. The number of ether oxygens (including phenoxy) is 1. The first-order chi connectivity index (χ1) is 12.4. The molecule has 26 heavy (non-hydrogen) atoms. The predicted octanol–water partition coefficient (Wildman–Crippen LogP) is 0.698. The zero-order valence-electron chi connectivity index (χ0n) is 14.6. The van der Waals surface area contributed by atoms with E-state index in [9.17, 15) is 24.3 Å². The number of carboxylic acids is 1. The van der Waals surface area contributed by atoms with Crippen LogP contribution in [0.3, 0.4) is 0 Å². The van der Waals surface area contributed by atoms with Crippen molar-refractivity contribution in [2.24, 2.45) is 5.73 Å². The Balaban J connectivity index is 2.58. The molecular weight excluding hydrogens is 340 g/mol. The second-order valence-corrected chi connectivity index (χ2v) is 6.19. The van der Waals surface area contributed by atoms with Gasteiger partial charge < -0.3 is 15.6 Å². The average Bonchev–Trinajstić information content (AvgIpc) is 2.89. The lowest BCUT2D eigenvalue weighted by molar-refractivity contribution is -0.710. The maximum absolute atomic E-state index is 13.2. The van der Waals surface area contributed by atoms with Gasteiger partial charge in [-0.15, -0.1) is 4.48 Å². The minimum Gasteiger partial charge on any atom is -0.477 e. The molecule has 0 spiro atoms. The van der Waals surface area contributed by atoms with Gasteiger partial charge in [0.25, 0.3) is 0 Å². The number of hydrogen-bond donors (Lipinski definition) is 2. The van der Waals surface area contributed by atoms with E-state index < -0.39 is 40.3 Å². The van der Waals surface area contributed by atoms with Crippen LogP contribution >= 0.6 is 0 Å². The number of carbonyl (C=O) groups is 4. The molecule has 0 aliphatic carbocycles. The number of rotatable bonds is 8. The van der Waals surface area contributed by atoms with E-state index >= 15 is 0 Å². The first-order valence-corrected chi connectivity index (χ1v) is 8.43. The predicted molar refractivity (Wildman–Crippen MR) is 90.8 cm³/mol. The molecular formula is C18H23N2O6+. The molecule has 3 N–H and O–H groups in total. The van der Waals surface area contributed by atoms with Crippen molar-refractivity contribution >= 4 is 23.7 Å². The molecule has 8 heteroatoms. The topological polar surface area (TPSA) is 124 Å². The van der Waals surface area contributed by atoms with Crippen LogP contribution in [-0.2, 0) is 19.1 Å².